The summed E-state index contributed by atoms with van der Waals surface area (Å²) < 4.78 is 80.0. The molecule has 2 aromatic carbocycles. The molecule has 0 fully saturated rings. The van der Waals surface area contributed by atoms with Crippen LogP contribution in [-0.4, -0.2) is 86.9 Å². The number of aliphatic hydroxyl groups excluding tert-OH is 1. The number of ether oxygens (including phenoxy) is 2. The van der Waals surface area contributed by atoms with Gasteiger partial charge in [0.2, 0.25) is 0 Å². The number of carbonyl (C=O) groups is 2. The van der Waals surface area contributed by atoms with Crippen molar-refractivity contribution in [1.29, 1.82) is 0 Å². The first-order chi connectivity index (χ1) is 23.6. The Hall–Kier alpha value is -3.86. The highest BCUT2D eigenvalue weighted by Gasteiger charge is 2.32. The van der Waals surface area contributed by atoms with E-state index < -0.39 is 45.8 Å². The SMILES string of the molecule is C[C@@H]1CCCCO[C@@H](CN(C)C(=O)Nc2ccc(C(F)(F)F)cc2)[C@H](C)CN([C@H](C)CO)C(=O)c2cc(NS(=O)(=O)c3cccs3)ccc2O1. The second kappa shape index (κ2) is 16.9. The van der Waals surface area contributed by atoms with Crippen molar-refractivity contribution in [2.75, 3.05) is 43.4 Å². The molecule has 3 aromatic rings. The van der Waals surface area contributed by atoms with E-state index in [-0.39, 0.29) is 58.6 Å². The maximum Gasteiger partial charge on any atom is 0.416 e. The molecule has 0 aliphatic carbocycles. The molecule has 0 unspecified atom stereocenters. The summed E-state index contributed by atoms with van der Waals surface area (Å²) in [6.07, 6.45) is -3.31. The molecule has 4 atom stereocenters. The van der Waals surface area contributed by atoms with Crippen LogP contribution in [0, 0.1) is 5.92 Å². The van der Waals surface area contributed by atoms with Crippen LogP contribution in [0.4, 0.5) is 29.3 Å². The highest BCUT2D eigenvalue weighted by molar-refractivity contribution is 7.94. The van der Waals surface area contributed by atoms with Gasteiger partial charge in [0.1, 0.15) is 9.96 Å². The summed E-state index contributed by atoms with van der Waals surface area (Å²) in [5.74, 6) is -0.600. The number of amides is 3. The van der Waals surface area contributed by atoms with E-state index in [2.05, 4.69) is 10.0 Å². The number of alkyl halides is 3. The Morgan fingerprint density at radius 1 is 1.12 bits per heavy atom. The van der Waals surface area contributed by atoms with Gasteiger partial charge in [-0.05, 0) is 87.0 Å². The number of likely N-dealkylation sites (N-methyl/N-ethyl adjacent to an activating group) is 1. The lowest BCUT2D eigenvalue weighted by molar-refractivity contribution is -0.137. The predicted octanol–water partition coefficient (Wildman–Crippen LogP) is 6.53. The Morgan fingerprint density at radius 3 is 2.46 bits per heavy atom. The van der Waals surface area contributed by atoms with Crippen LogP contribution < -0.4 is 14.8 Å². The minimum atomic E-state index is -4.50. The van der Waals surface area contributed by atoms with Crippen LogP contribution in [0.5, 0.6) is 5.75 Å². The van der Waals surface area contributed by atoms with Gasteiger partial charge in [-0.1, -0.05) is 13.0 Å². The largest absolute Gasteiger partial charge is 0.490 e. The Labute approximate surface area is 294 Å². The number of aliphatic hydroxyl groups is 1. The molecule has 11 nitrogen and oxygen atoms in total. The van der Waals surface area contributed by atoms with Gasteiger partial charge in [0.05, 0.1) is 36.0 Å². The highest BCUT2D eigenvalue weighted by Crippen LogP contribution is 2.31. The molecule has 4 rings (SSSR count). The van der Waals surface area contributed by atoms with Crippen molar-refractivity contribution >= 4 is 44.7 Å². The molecular formula is C34H43F3N4O7S2. The quantitative estimate of drug-likeness (QED) is 0.239. The van der Waals surface area contributed by atoms with Crippen molar-refractivity contribution in [3.05, 3.63) is 71.1 Å². The zero-order chi connectivity index (χ0) is 36.6. The van der Waals surface area contributed by atoms with E-state index in [1.165, 1.54) is 47.2 Å². The van der Waals surface area contributed by atoms with Crippen molar-refractivity contribution in [2.24, 2.45) is 5.92 Å². The van der Waals surface area contributed by atoms with Crippen LogP contribution in [0.25, 0.3) is 0 Å². The fourth-order valence-electron chi connectivity index (χ4n) is 5.38. The summed E-state index contributed by atoms with van der Waals surface area (Å²) in [5, 5.41) is 14.4. The maximum absolute atomic E-state index is 14.3. The summed E-state index contributed by atoms with van der Waals surface area (Å²) in [4.78, 5) is 30.2. The zero-order valence-electron chi connectivity index (χ0n) is 28.3. The normalized spacial score (nSPS) is 20.2. The Balaban J connectivity index is 1.58. The number of hydrogen-bond acceptors (Lipinski definition) is 8. The molecule has 1 aromatic heterocycles. The van der Waals surface area contributed by atoms with E-state index in [4.69, 9.17) is 9.47 Å². The van der Waals surface area contributed by atoms with E-state index in [1.807, 2.05) is 13.8 Å². The van der Waals surface area contributed by atoms with Gasteiger partial charge in [-0.3, -0.25) is 9.52 Å². The van der Waals surface area contributed by atoms with Crippen molar-refractivity contribution in [1.82, 2.24) is 9.80 Å². The standard InChI is InChI=1S/C34H43F3N4O7S2/c1-22-19-41(23(2)21-42)32(43)28-18-27(39-50(45,46)31-9-7-17-49-31)14-15-29(28)48-24(3)8-5-6-16-47-30(22)20-40(4)33(44)38-26-12-10-25(11-13-26)34(35,36)37/h7,9-15,17-18,22-24,30,39,42H,5-6,8,16,19-21H2,1-4H3,(H,38,44)/t22-,23-,24-,30+/m1/s1. The van der Waals surface area contributed by atoms with E-state index in [0.29, 0.717) is 19.4 Å². The average molecular weight is 741 g/mol. The van der Waals surface area contributed by atoms with Gasteiger partial charge in [-0.2, -0.15) is 13.2 Å². The molecule has 1 aliphatic heterocycles. The molecule has 50 heavy (non-hydrogen) atoms. The van der Waals surface area contributed by atoms with Gasteiger partial charge in [-0.25, -0.2) is 13.2 Å². The second-order valence-electron chi connectivity index (χ2n) is 12.4. The molecule has 3 N–H and O–H groups in total. The molecule has 0 radical (unpaired) electrons. The van der Waals surface area contributed by atoms with Gasteiger partial charge in [0, 0.05) is 44.0 Å². The number of carbonyl (C=O) groups excluding carboxylic acids is 2. The third-order valence-corrected chi connectivity index (χ3v) is 11.1. The van der Waals surface area contributed by atoms with Crippen molar-refractivity contribution in [3.8, 4) is 5.75 Å². The summed E-state index contributed by atoms with van der Waals surface area (Å²) in [7, 11) is -2.37. The van der Waals surface area contributed by atoms with Crippen LogP contribution in [0.3, 0.4) is 0 Å². The number of urea groups is 1. The summed E-state index contributed by atoms with van der Waals surface area (Å²) in [6.45, 7) is 5.60. The number of halogens is 3. The smallest absolute Gasteiger partial charge is 0.416 e. The van der Waals surface area contributed by atoms with Gasteiger partial charge in [0.15, 0.2) is 0 Å². The molecular weight excluding hydrogens is 698 g/mol. The van der Waals surface area contributed by atoms with Gasteiger partial charge < -0.3 is 29.7 Å². The molecule has 2 heterocycles. The number of anilines is 2. The fourth-order valence-corrected chi connectivity index (χ4v) is 7.43. The molecule has 3 amide bonds. The van der Waals surface area contributed by atoms with E-state index >= 15 is 0 Å². The number of sulfonamides is 1. The molecule has 16 heteroatoms. The molecule has 0 saturated carbocycles. The number of rotatable bonds is 8. The highest BCUT2D eigenvalue weighted by atomic mass is 32.2. The van der Waals surface area contributed by atoms with E-state index in [0.717, 1.165) is 29.9 Å². The van der Waals surface area contributed by atoms with Gasteiger partial charge in [0.25, 0.3) is 15.9 Å². The first-order valence-electron chi connectivity index (χ1n) is 16.2. The first-order valence-corrected chi connectivity index (χ1v) is 18.5. The molecule has 0 saturated heterocycles. The van der Waals surface area contributed by atoms with Crippen molar-refractivity contribution < 1.29 is 45.8 Å². The van der Waals surface area contributed by atoms with E-state index in [1.54, 1.807) is 24.4 Å². The number of thiophene rings is 1. The Kier molecular flexibility index (Phi) is 13.2. The molecule has 0 spiro atoms. The summed E-state index contributed by atoms with van der Waals surface area (Å²) in [6, 6.07) is 10.5. The van der Waals surface area contributed by atoms with Gasteiger partial charge in [-0.15, -0.1) is 11.3 Å². The monoisotopic (exact) mass is 740 g/mol. The second-order valence-corrected chi connectivity index (χ2v) is 15.3. The summed E-state index contributed by atoms with van der Waals surface area (Å²) >= 11 is 1.06. The number of benzene rings is 2. The fraction of sp³-hybridized carbons (Fsp3) is 0.471. The van der Waals surface area contributed by atoms with Crippen LogP contribution in [-0.2, 0) is 20.9 Å². The molecule has 274 valence electrons. The zero-order valence-corrected chi connectivity index (χ0v) is 29.9. The number of fused-ring (bicyclic) bond motifs is 1. The minimum absolute atomic E-state index is 0.0912. The lowest BCUT2D eigenvalue weighted by atomic mass is 10.0. The minimum Gasteiger partial charge on any atom is -0.490 e. The molecule has 1 aliphatic rings. The van der Waals surface area contributed by atoms with Crippen LogP contribution in [0.15, 0.2) is 64.2 Å². The van der Waals surface area contributed by atoms with Gasteiger partial charge >= 0.3 is 12.2 Å². The Morgan fingerprint density at radius 2 is 1.82 bits per heavy atom. The topological polar surface area (TPSA) is 138 Å². The van der Waals surface area contributed by atoms with Crippen LogP contribution in [0.1, 0.15) is 56.0 Å². The first kappa shape index (κ1) is 38.9. The number of hydrogen-bond donors (Lipinski definition) is 3. The average Bonchev–Trinajstić information content (AvgIpc) is 3.62. The van der Waals surface area contributed by atoms with Crippen molar-refractivity contribution in [3.63, 3.8) is 0 Å². The maximum atomic E-state index is 14.3. The lowest BCUT2D eigenvalue weighted by Gasteiger charge is -2.35. The Bertz CT molecular complexity index is 1690. The van der Waals surface area contributed by atoms with Crippen LogP contribution in [0.2, 0.25) is 0 Å². The third-order valence-electron chi connectivity index (χ3n) is 8.33. The lowest BCUT2D eigenvalue weighted by Crippen LogP contribution is -2.48. The predicted molar refractivity (Wildman–Crippen MR) is 185 cm³/mol. The number of nitrogens with zero attached hydrogens (tertiary/aromatic N) is 2. The summed E-state index contributed by atoms with van der Waals surface area (Å²) in [5.41, 5.74) is -0.371. The third kappa shape index (κ3) is 10.3. The number of nitrogens with one attached hydrogen (secondary N) is 2. The van der Waals surface area contributed by atoms with E-state index in [9.17, 15) is 36.3 Å². The molecule has 0 bridgehead atoms. The van der Waals surface area contributed by atoms with Crippen LogP contribution >= 0.6 is 11.3 Å². The van der Waals surface area contributed by atoms with Crippen molar-refractivity contribution in [2.45, 2.75) is 68.7 Å².